The number of hydrogen-bond acceptors (Lipinski definition) is 5. The molecule has 0 saturated carbocycles. The van der Waals surface area contributed by atoms with Gasteiger partial charge in [-0.2, -0.15) is 0 Å². The Morgan fingerprint density at radius 1 is 1.15 bits per heavy atom. The van der Waals surface area contributed by atoms with E-state index in [-0.39, 0.29) is 24.0 Å². The van der Waals surface area contributed by atoms with Crippen LogP contribution in [0.1, 0.15) is 25.3 Å². The zero-order valence-corrected chi connectivity index (χ0v) is 19.3. The Hall–Kier alpha value is -1.42. The zero-order chi connectivity index (χ0) is 18.9. The molecule has 0 spiro atoms. The lowest BCUT2D eigenvalue weighted by molar-refractivity contribution is 0.267. The van der Waals surface area contributed by atoms with Crippen molar-refractivity contribution in [3.63, 3.8) is 0 Å². The number of nitrogens with one attached hydrogen (secondary N) is 2. The van der Waals surface area contributed by atoms with E-state index in [0.717, 1.165) is 24.6 Å². The van der Waals surface area contributed by atoms with E-state index in [1.165, 1.54) is 19.4 Å². The number of likely N-dealkylation sites (N-methyl/N-ethyl adjacent to an activating group) is 1. The summed E-state index contributed by atoms with van der Waals surface area (Å²) in [6.07, 6.45) is 2.51. The Balaban J connectivity index is 0.00000364. The van der Waals surface area contributed by atoms with Crippen molar-refractivity contribution in [2.75, 3.05) is 48.0 Å². The number of halogens is 1. The number of benzene rings is 1. The molecule has 1 atom stereocenters. The third kappa shape index (κ3) is 6.03. The zero-order valence-electron chi connectivity index (χ0n) is 17.0. The molecule has 1 aliphatic heterocycles. The van der Waals surface area contributed by atoms with Crippen molar-refractivity contribution in [1.29, 1.82) is 0 Å². The van der Waals surface area contributed by atoms with Crippen LogP contribution in [-0.4, -0.2) is 64.9 Å². The van der Waals surface area contributed by atoms with E-state index in [1.807, 2.05) is 12.1 Å². The van der Waals surface area contributed by atoms with Crippen LogP contribution in [0.5, 0.6) is 17.2 Å². The van der Waals surface area contributed by atoms with Crippen molar-refractivity contribution in [1.82, 2.24) is 15.5 Å². The van der Waals surface area contributed by atoms with Gasteiger partial charge >= 0.3 is 0 Å². The van der Waals surface area contributed by atoms with Crippen molar-refractivity contribution >= 4 is 29.9 Å². The molecule has 0 aromatic heterocycles. The van der Waals surface area contributed by atoms with Gasteiger partial charge in [0.05, 0.1) is 21.3 Å². The van der Waals surface area contributed by atoms with Crippen LogP contribution in [0.25, 0.3) is 0 Å². The van der Waals surface area contributed by atoms with Crippen LogP contribution >= 0.6 is 24.0 Å². The maximum atomic E-state index is 5.53. The fourth-order valence-electron chi connectivity index (χ4n) is 3.46. The Morgan fingerprint density at radius 2 is 1.89 bits per heavy atom. The van der Waals surface area contributed by atoms with Gasteiger partial charge in [0.2, 0.25) is 5.75 Å². The number of nitrogens with zero attached hydrogens (tertiary/aromatic N) is 2. The highest BCUT2D eigenvalue weighted by atomic mass is 127. The molecule has 0 aliphatic carbocycles. The number of likely N-dealkylation sites (tertiary alicyclic amines) is 1. The summed E-state index contributed by atoms with van der Waals surface area (Å²) in [4.78, 5) is 6.84. The van der Waals surface area contributed by atoms with Crippen LogP contribution in [-0.2, 0) is 6.54 Å². The van der Waals surface area contributed by atoms with Crippen LogP contribution < -0.4 is 24.8 Å². The number of methoxy groups -OCH3 is 3. The number of hydrogen-bond donors (Lipinski definition) is 2. The summed E-state index contributed by atoms with van der Waals surface area (Å²) in [5, 5.41) is 6.79. The third-order valence-corrected chi connectivity index (χ3v) is 4.87. The fraction of sp³-hybridized carbons (Fsp3) is 0.632. The molecular weight excluding hydrogens is 459 g/mol. The van der Waals surface area contributed by atoms with Gasteiger partial charge in [-0.1, -0.05) is 6.92 Å². The van der Waals surface area contributed by atoms with Gasteiger partial charge < -0.3 is 24.8 Å². The minimum Gasteiger partial charge on any atom is -0.493 e. The van der Waals surface area contributed by atoms with E-state index in [0.29, 0.717) is 29.8 Å². The molecule has 1 unspecified atom stereocenters. The van der Waals surface area contributed by atoms with Crippen LogP contribution in [0.2, 0.25) is 0 Å². The maximum Gasteiger partial charge on any atom is 0.203 e. The summed E-state index contributed by atoms with van der Waals surface area (Å²) in [5.41, 5.74) is 0.976. The first-order chi connectivity index (χ1) is 12.7. The Morgan fingerprint density at radius 3 is 2.48 bits per heavy atom. The van der Waals surface area contributed by atoms with Crippen molar-refractivity contribution in [2.24, 2.45) is 4.99 Å². The van der Waals surface area contributed by atoms with Crippen LogP contribution in [0.4, 0.5) is 0 Å². The lowest BCUT2D eigenvalue weighted by Gasteiger charge is -2.24. The molecule has 2 N–H and O–H groups in total. The molecule has 27 heavy (non-hydrogen) atoms. The fourth-order valence-corrected chi connectivity index (χ4v) is 3.46. The average Bonchev–Trinajstić information content (AvgIpc) is 3.14. The molecule has 1 aromatic rings. The highest BCUT2D eigenvalue weighted by Crippen LogP contribution is 2.39. The second-order valence-electron chi connectivity index (χ2n) is 6.22. The Labute approximate surface area is 179 Å². The predicted octanol–water partition coefficient (Wildman–Crippen LogP) is 2.48. The molecule has 1 aromatic carbocycles. The van der Waals surface area contributed by atoms with Crippen LogP contribution in [0, 0.1) is 0 Å². The number of ether oxygens (including phenoxy) is 3. The van der Waals surface area contributed by atoms with E-state index in [2.05, 4.69) is 27.4 Å². The molecule has 7 nitrogen and oxygen atoms in total. The Bertz CT molecular complexity index is 613. The monoisotopic (exact) mass is 492 g/mol. The van der Waals surface area contributed by atoms with Gasteiger partial charge in [-0.25, -0.2) is 0 Å². The van der Waals surface area contributed by atoms with Crippen molar-refractivity contribution in [3.8, 4) is 17.2 Å². The topological polar surface area (TPSA) is 67.4 Å². The lowest BCUT2D eigenvalue weighted by Crippen LogP contribution is -2.44. The van der Waals surface area contributed by atoms with Crippen LogP contribution in [0.15, 0.2) is 17.1 Å². The Kier molecular flexibility index (Phi) is 10.6. The van der Waals surface area contributed by atoms with E-state index >= 15 is 0 Å². The van der Waals surface area contributed by atoms with Crippen molar-refractivity contribution in [3.05, 3.63) is 17.7 Å². The second-order valence-corrected chi connectivity index (χ2v) is 6.22. The summed E-state index contributed by atoms with van der Waals surface area (Å²) in [6.45, 7) is 5.98. The highest BCUT2D eigenvalue weighted by molar-refractivity contribution is 14.0. The van der Waals surface area contributed by atoms with Gasteiger partial charge in [0.15, 0.2) is 17.5 Å². The molecule has 1 saturated heterocycles. The number of guanidine groups is 1. The van der Waals surface area contributed by atoms with Crippen LogP contribution in [0.3, 0.4) is 0 Å². The lowest BCUT2D eigenvalue weighted by atomic mass is 10.1. The van der Waals surface area contributed by atoms with E-state index in [4.69, 9.17) is 14.2 Å². The molecule has 1 aliphatic rings. The van der Waals surface area contributed by atoms with Crippen molar-refractivity contribution < 1.29 is 14.2 Å². The summed E-state index contributed by atoms with van der Waals surface area (Å²) >= 11 is 0. The molecular formula is C19H33IN4O3. The highest BCUT2D eigenvalue weighted by Gasteiger charge is 2.23. The molecule has 0 amide bonds. The number of rotatable bonds is 8. The van der Waals surface area contributed by atoms with E-state index in [1.54, 1.807) is 28.4 Å². The first-order valence-electron chi connectivity index (χ1n) is 9.14. The molecule has 0 radical (unpaired) electrons. The van der Waals surface area contributed by atoms with Gasteiger partial charge in [-0.15, -0.1) is 24.0 Å². The minimum atomic E-state index is 0. The summed E-state index contributed by atoms with van der Waals surface area (Å²) in [5.74, 6) is 2.70. The third-order valence-electron chi connectivity index (χ3n) is 4.87. The molecule has 154 valence electrons. The summed E-state index contributed by atoms with van der Waals surface area (Å²) in [6, 6.07) is 4.43. The van der Waals surface area contributed by atoms with Gasteiger partial charge in [-0.3, -0.25) is 9.89 Å². The smallest absolute Gasteiger partial charge is 0.203 e. The first kappa shape index (κ1) is 23.6. The largest absolute Gasteiger partial charge is 0.493 e. The second kappa shape index (κ2) is 12.1. The van der Waals surface area contributed by atoms with Gasteiger partial charge in [0.1, 0.15) is 0 Å². The van der Waals surface area contributed by atoms with E-state index < -0.39 is 0 Å². The van der Waals surface area contributed by atoms with Crippen molar-refractivity contribution in [2.45, 2.75) is 32.4 Å². The van der Waals surface area contributed by atoms with Gasteiger partial charge in [0.25, 0.3) is 0 Å². The first-order valence-corrected chi connectivity index (χ1v) is 9.14. The number of aliphatic imine (C=N–C) groups is 1. The van der Waals surface area contributed by atoms with Gasteiger partial charge in [-0.05, 0) is 38.1 Å². The average molecular weight is 492 g/mol. The molecule has 2 rings (SSSR count). The minimum absolute atomic E-state index is 0. The molecule has 1 fully saturated rings. The maximum absolute atomic E-state index is 5.53. The predicted molar refractivity (Wildman–Crippen MR) is 120 cm³/mol. The van der Waals surface area contributed by atoms with Gasteiger partial charge in [0, 0.05) is 31.7 Å². The quantitative estimate of drug-likeness (QED) is 0.330. The molecule has 0 bridgehead atoms. The summed E-state index contributed by atoms with van der Waals surface area (Å²) < 4.78 is 16.3. The normalized spacial score (nSPS) is 17.2. The van der Waals surface area contributed by atoms with E-state index in [9.17, 15) is 0 Å². The standard InChI is InChI=1S/C19H32N4O3.HI/c1-6-23-11-7-8-15(23)13-22-19(20-2)21-12-14-9-10-16(24-3)18(26-5)17(14)25-4;/h9-10,15H,6-8,11-13H2,1-5H3,(H2,20,21,22);1H. The molecule has 1 heterocycles. The molecule has 8 heteroatoms. The summed E-state index contributed by atoms with van der Waals surface area (Å²) in [7, 11) is 6.64. The SMILES string of the molecule is CCN1CCCC1CNC(=NC)NCc1ccc(OC)c(OC)c1OC.I.